The van der Waals surface area contributed by atoms with Gasteiger partial charge in [0.05, 0.1) is 5.69 Å². The SMILES string of the molecule is CCCN1C(=O)COC(C(=O)O)C1c1ccnn1C. The van der Waals surface area contributed by atoms with Gasteiger partial charge in [-0.05, 0) is 12.5 Å². The molecule has 0 aliphatic carbocycles. The Morgan fingerprint density at radius 3 is 2.89 bits per heavy atom. The van der Waals surface area contributed by atoms with Gasteiger partial charge in [0.15, 0.2) is 6.10 Å². The van der Waals surface area contributed by atoms with Crippen LogP contribution in [0.5, 0.6) is 0 Å². The monoisotopic (exact) mass is 267 g/mol. The van der Waals surface area contributed by atoms with Crippen LogP contribution in [0.3, 0.4) is 0 Å². The van der Waals surface area contributed by atoms with Crippen LogP contribution >= 0.6 is 0 Å². The number of amides is 1. The van der Waals surface area contributed by atoms with Gasteiger partial charge < -0.3 is 14.7 Å². The van der Waals surface area contributed by atoms with E-state index in [1.807, 2.05) is 6.92 Å². The minimum Gasteiger partial charge on any atom is -0.479 e. The van der Waals surface area contributed by atoms with Crippen LogP contribution in [0.4, 0.5) is 0 Å². The Morgan fingerprint density at radius 2 is 2.37 bits per heavy atom. The number of aromatic nitrogens is 2. The third-order valence-electron chi connectivity index (χ3n) is 3.20. The number of morpholine rings is 1. The van der Waals surface area contributed by atoms with Crippen molar-refractivity contribution in [2.45, 2.75) is 25.5 Å². The smallest absolute Gasteiger partial charge is 0.335 e. The number of nitrogens with zero attached hydrogens (tertiary/aromatic N) is 3. The number of carbonyl (C=O) groups excluding carboxylic acids is 1. The summed E-state index contributed by atoms with van der Waals surface area (Å²) in [6, 6.07) is 1.08. The Labute approximate surface area is 110 Å². The van der Waals surface area contributed by atoms with E-state index in [0.29, 0.717) is 12.2 Å². The van der Waals surface area contributed by atoms with Crippen LogP contribution in [-0.4, -0.2) is 50.9 Å². The molecule has 0 radical (unpaired) electrons. The van der Waals surface area contributed by atoms with Crippen molar-refractivity contribution in [2.24, 2.45) is 7.05 Å². The van der Waals surface area contributed by atoms with E-state index in [2.05, 4.69) is 5.10 Å². The highest BCUT2D eigenvalue weighted by Gasteiger charge is 2.42. The maximum atomic E-state index is 11.9. The second kappa shape index (κ2) is 5.40. The summed E-state index contributed by atoms with van der Waals surface area (Å²) < 4.78 is 6.76. The molecule has 0 bridgehead atoms. The van der Waals surface area contributed by atoms with Crippen molar-refractivity contribution in [3.05, 3.63) is 18.0 Å². The molecular weight excluding hydrogens is 250 g/mol. The number of hydrogen-bond donors (Lipinski definition) is 1. The van der Waals surface area contributed by atoms with Gasteiger partial charge in [-0.3, -0.25) is 9.48 Å². The van der Waals surface area contributed by atoms with Crippen molar-refractivity contribution in [1.82, 2.24) is 14.7 Å². The minimum atomic E-state index is -1.07. The Bertz CT molecular complexity index is 485. The molecule has 1 saturated heterocycles. The summed E-state index contributed by atoms with van der Waals surface area (Å²) in [6.07, 6.45) is 1.28. The Balaban J connectivity index is 2.41. The lowest BCUT2D eigenvalue weighted by molar-refractivity contribution is -0.173. The van der Waals surface area contributed by atoms with Crippen molar-refractivity contribution in [3.63, 3.8) is 0 Å². The second-order valence-electron chi connectivity index (χ2n) is 4.48. The first-order chi connectivity index (χ1) is 9.06. The van der Waals surface area contributed by atoms with Crippen LogP contribution in [0.15, 0.2) is 12.3 Å². The summed E-state index contributed by atoms with van der Waals surface area (Å²) in [6.45, 7) is 2.26. The van der Waals surface area contributed by atoms with Crippen molar-refractivity contribution < 1.29 is 19.4 Å². The number of rotatable bonds is 4. The number of carboxylic acids is 1. The third-order valence-corrected chi connectivity index (χ3v) is 3.20. The largest absolute Gasteiger partial charge is 0.479 e. The van der Waals surface area contributed by atoms with Gasteiger partial charge in [0, 0.05) is 19.8 Å². The van der Waals surface area contributed by atoms with Crippen LogP contribution in [0.1, 0.15) is 25.1 Å². The van der Waals surface area contributed by atoms with Gasteiger partial charge in [0.2, 0.25) is 5.91 Å². The molecule has 104 valence electrons. The van der Waals surface area contributed by atoms with E-state index in [4.69, 9.17) is 4.74 Å². The summed E-state index contributed by atoms with van der Waals surface area (Å²) in [4.78, 5) is 24.9. The lowest BCUT2D eigenvalue weighted by Gasteiger charge is -2.39. The summed E-state index contributed by atoms with van der Waals surface area (Å²) in [5, 5.41) is 13.3. The van der Waals surface area contributed by atoms with Gasteiger partial charge in [-0.15, -0.1) is 0 Å². The Hall–Kier alpha value is -1.89. The number of aliphatic carboxylic acids is 1. The fraction of sp³-hybridized carbons (Fsp3) is 0.583. The molecule has 1 aromatic rings. The molecule has 2 heterocycles. The quantitative estimate of drug-likeness (QED) is 0.841. The number of aryl methyl sites for hydroxylation is 1. The fourth-order valence-electron chi connectivity index (χ4n) is 2.35. The highest BCUT2D eigenvalue weighted by Crippen LogP contribution is 2.30. The average molecular weight is 267 g/mol. The number of carboxylic acid groups (broad SMARTS) is 1. The van der Waals surface area contributed by atoms with Gasteiger partial charge in [0.25, 0.3) is 0 Å². The predicted octanol–water partition coefficient (Wildman–Crippen LogP) is 0.183. The Morgan fingerprint density at radius 1 is 1.63 bits per heavy atom. The summed E-state index contributed by atoms with van der Waals surface area (Å²) >= 11 is 0. The lowest BCUT2D eigenvalue weighted by Crippen LogP contribution is -2.52. The highest BCUT2D eigenvalue weighted by molar-refractivity contribution is 5.82. The van der Waals surface area contributed by atoms with Crippen molar-refractivity contribution in [2.75, 3.05) is 13.2 Å². The fourth-order valence-corrected chi connectivity index (χ4v) is 2.35. The van der Waals surface area contributed by atoms with Crippen molar-refractivity contribution in [1.29, 1.82) is 0 Å². The maximum absolute atomic E-state index is 11.9. The number of ether oxygens (including phenoxy) is 1. The molecule has 0 saturated carbocycles. The van der Waals surface area contributed by atoms with Crippen molar-refractivity contribution >= 4 is 11.9 Å². The molecule has 1 aromatic heterocycles. The molecule has 1 aliphatic rings. The molecule has 7 heteroatoms. The summed E-state index contributed by atoms with van der Waals surface area (Å²) in [5.74, 6) is -1.26. The van der Waals surface area contributed by atoms with E-state index in [1.165, 1.54) is 0 Å². The summed E-state index contributed by atoms with van der Waals surface area (Å²) in [7, 11) is 1.72. The topological polar surface area (TPSA) is 84.7 Å². The van der Waals surface area contributed by atoms with Gasteiger partial charge in [-0.2, -0.15) is 5.10 Å². The van der Waals surface area contributed by atoms with Crippen LogP contribution in [0, 0.1) is 0 Å². The van der Waals surface area contributed by atoms with Crippen LogP contribution < -0.4 is 0 Å². The van der Waals surface area contributed by atoms with E-state index in [9.17, 15) is 14.7 Å². The first-order valence-electron chi connectivity index (χ1n) is 6.18. The predicted molar refractivity (Wildman–Crippen MR) is 65.3 cm³/mol. The Kier molecular flexibility index (Phi) is 3.84. The zero-order valence-electron chi connectivity index (χ0n) is 10.9. The van der Waals surface area contributed by atoms with Gasteiger partial charge >= 0.3 is 5.97 Å². The summed E-state index contributed by atoms with van der Waals surface area (Å²) in [5.41, 5.74) is 0.661. The molecule has 1 fully saturated rings. The zero-order valence-corrected chi connectivity index (χ0v) is 10.9. The standard InChI is InChI=1S/C12H17N3O4/c1-3-6-15-9(16)7-19-11(12(17)18)10(15)8-4-5-13-14(8)2/h4-5,10-11H,3,6-7H2,1-2H3,(H,17,18). The molecule has 7 nitrogen and oxygen atoms in total. The normalized spacial score (nSPS) is 23.7. The van der Waals surface area contributed by atoms with E-state index in [1.54, 1.807) is 28.9 Å². The molecule has 1 N–H and O–H groups in total. The van der Waals surface area contributed by atoms with Crippen LogP contribution in [-0.2, 0) is 21.4 Å². The molecule has 19 heavy (non-hydrogen) atoms. The van der Waals surface area contributed by atoms with E-state index >= 15 is 0 Å². The van der Waals surface area contributed by atoms with Gasteiger partial charge in [-0.25, -0.2) is 4.79 Å². The average Bonchev–Trinajstić information content (AvgIpc) is 2.77. The second-order valence-corrected chi connectivity index (χ2v) is 4.48. The van der Waals surface area contributed by atoms with E-state index < -0.39 is 18.1 Å². The van der Waals surface area contributed by atoms with Gasteiger partial charge in [0.1, 0.15) is 12.6 Å². The molecular formula is C12H17N3O4. The zero-order chi connectivity index (χ0) is 14.0. The van der Waals surface area contributed by atoms with E-state index in [0.717, 1.165) is 6.42 Å². The number of hydrogen-bond acceptors (Lipinski definition) is 4. The first kappa shape index (κ1) is 13.5. The molecule has 0 spiro atoms. The molecule has 2 rings (SSSR count). The minimum absolute atomic E-state index is 0.189. The lowest BCUT2D eigenvalue weighted by atomic mass is 10.0. The van der Waals surface area contributed by atoms with Gasteiger partial charge in [-0.1, -0.05) is 6.92 Å². The molecule has 0 aromatic carbocycles. The molecule has 1 amide bonds. The van der Waals surface area contributed by atoms with E-state index in [-0.39, 0.29) is 12.5 Å². The molecule has 2 atom stereocenters. The molecule has 1 aliphatic heterocycles. The maximum Gasteiger partial charge on any atom is 0.335 e. The van der Waals surface area contributed by atoms with Crippen LogP contribution in [0.2, 0.25) is 0 Å². The van der Waals surface area contributed by atoms with Crippen LogP contribution in [0.25, 0.3) is 0 Å². The highest BCUT2D eigenvalue weighted by atomic mass is 16.5. The first-order valence-corrected chi connectivity index (χ1v) is 6.18. The third kappa shape index (κ3) is 2.46. The molecule has 2 unspecified atom stereocenters. The van der Waals surface area contributed by atoms with Crippen molar-refractivity contribution in [3.8, 4) is 0 Å². The number of carbonyl (C=O) groups is 2.